The average Bonchev–Trinajstić information content (AvgIpc) is 2.58. The number of furan rings is 1. The van der Waals surface area contributed by atoms with Crippen molar-refractivity contribution in [3.63, 3.8) is 0 Å². The number of alkyl halides is 1. The van der Waals surface area contributed by atoms with Gasteiger partial charge in [-0.05, 0) is 6.07 Å². The summed E-state index contributed by atoms with van der Waals surface area (Å²) in [4.78, 5) is 0. The van der Waals surface area contributed by atoms with E-state index in [1.165, 1.54) is 5.39 Å². The average molecular weight is 237 g/mol. The van der Waals surface area contributed by atoms with E-state index in [0.29, 0.717) is 0 Å². The van der Waals surface area contributed by atoms with Gasteiger partial charge in [0, 0.05) is 16.3 Å². The zero-order valence-electron chi connectivity index (χ0n) is 7.03. The molecule has 0 spiro atoms. The summed E-state index contributed by atoms with van der Waals surface area (Å²) in [6.07, 6.45) is 5.89. The highest BCUT2D eigenvalue weighted by Crippen LogP contribution is 2.21. The molecular formula is C11H9BrO. The minimum atomic E-state index is 0.868. The second-order valence-electron chi connectivity index (χ2n) is 2.74. The summed E-state index contributed by atoms with van der Waals surface area (Å²) in [5.41, 5.74) is 2.08. The summed E-state index contributed by atoms with van der Waals surface area (Å²) in [6.45, 7) is 0. The Bertz CT molecular complexity index is 428. The smallest absolute Gasteiger partial charge is 0.134 e. The molecule has 0 radical (unpaired) electrons. The lowest BCUT2D eigenvalue weighted by Gasteiger charge is -1.87. The first kappa shape index (κ1) is 8.57. The van der Waals surface area contributed by atoms with E-state index in [1.54, 1.807) is 6.26 Å². The molecule has 0 fully saturated rings. The molecule has 0 amide bonds. The van der Waals surface area contributed by atoms with Crippen LogP contribution in [0.25, 0.3) is 17.0 Å². The van der Waals surface area contributed by atoms with Crippen molar-refractivity contribution >= 4 is 33.0 Å². The summed E-state index contributed by atoms with van der Waals surface area (Å²) in [7, 11) is 0. The summed E-state index contributed by atoms with van der Waals surface area (Å²) < 4.78 is 5.38. The summed E-state index contributed by atoms with van der Waals surface area (Å²) in [5, 5.41) is 2.03. The normalized spacial score (nSPS) is 11.5. The quantitative estimate of drug-likeness (QED) is 0.723. The second kappa shape index (κ2) is 3.79. The SMILES string of the molecule is BrCC=Cc1coc2ccccc12. The number of hydrogen-bond acceptors (Lipinski definition) is 1. The number of rotatable bonds is 2. The van der Waals surface area contributed by atoms with Gasteiger partial charge >= 0.3 is 0 Å². The molecule has 1 aromatic heterocycles. The molecule has 2 heteroatoms. The van der Waals surface area contributed by atoms with Crippen molar-refractivity contribution in [2.45, 2.75) is 0 Å². The van der Waals surface area contributed by atoms with Crippen molar-refractivity contribution in [1.29, 1.82) is 0 Å². The second-order valence-corrected chi connectivity index (χ2v) is 3.39. The highest BCUT2D eigenvalue weighted by Gasteiger charge is 1.99. The predicted molar refractivity (Wildman–Crippen MR) is 59.0 cm³/mol. The molecule has 0 aliphatic carbocycles. The number of allylic oxidation sites excluding steroid dienone is 1. The van der Waals surface area contributed by atoms with Crippen molar-refractivity contribution < 1.29 is 4.42 Å². The van der Waals surface area contributed by atoms with Crippen molar-refractivity contribution in [3.05, 3.63) is 42.2 Å². The summed E-state index contributed by atoms with van der Waals surface area (Å²) in [5.74, 6) is 0. The topological polar surface area (TPSA) is 13.1 Å². The van der Waals surface area contributed by atoms with Gasteiger partial charge in [0.25, 0.3) is 0 Å². The Morgan fingerprint density at radius 1 is 1.31 bits per heavy atom. The lowest BCUT2D eigenvalue weighted by atomic mass is 10.2. The van der Waals surface area contributed by atoms with Crippen LogP contribution in [0, 0.1) is 0 Å². The summed E-state index contributed by atoms with van der Waals surface area (Å²) >= 11 is 3.34. The molecule has 13 heavy (non-hydrogen) atoms. The maximum absolute atomic E-state index is 5.38. The van der Waals surface area contributed by atoms with Gasteiger partial charge in [0.1, 0.15) is 5.58 Å². The van der Waals surface area contributed by atoms with E-state index < -0.39 is 0 Å². The fraction of sp³-hybridized carbons (Fsp3) is 0.0909. The maximum Gasteiger partial charge on any atom is 0.134 e. The van der Waals surface area contributed by atoms with Crippen molar-refractivity contribution in [2.24, 2.45) is 0 Å². The van der Waals surface area contributed by atoms with Crippen molar-refractivity contribution in [3.8, 4) is 0 Å². The van der Waals surface area contributed by atoms with E-state index in [9.17, 15) is 0 Å². The molecule has 0 unspecified atom stereocenters. The Morgan fingerprint density at radius 3 is 3.00 bits per heavy atom. The monoisotopic (exact) mass is 236 g/mol. The van der Waals surface area contributed by atoms with Crippen LogP contribution in [0.4, 0.5) is 0 Å². The first-order chi connectivity index (χ1) is 6.42. The minimum absolute atomic E-state index is 0.868. The first-order valence-electron chi connectivity index (χ1n) is 4.10. The van der Waals surface area contributed by atoms with Gasteiger partial charge in [0.05, 0.1) is 6.26 Å². The van der Waals surface area contributed by atoms with E-state index in [1.807, 2.05) is 18.2 Å². The number of hydrogen-bond donors (Lipinski definition) is 0. The van der Waals surface area contributed by atoms with Gasteiger partial charge in [0.15, 0.2) is 0 Å². The zero-order valence-corrected chi connectivity index (χ0v) is 8.62. The van der Waals surface area contributed by atoms with E-state index >= 15 is 0 Å². The van der Waals surface area contributed by atoms with Crippen LogP contribution in [0.1, 0.15) is 5.56 Å². The fourth-order valence-electron chi connectivity index (χ4n) is 1.30. The van der Waals surface area contributed by atoms with Gasteiger partial charge < -0.3 is 4.42 Å². The Hall–Kier alpha value is -1.02. The van der Waals surface area contributed by atoms with Gasteiger partial charge in [-0.15, -0.1) is 0 Å². The Labute approximate surface area is 85.2 Å². The van der Waals surface area contributed by atoms with E-state index in [-0.39, 0.29) is 0 Å². The number of halogens is 1. The van der Waals surface area contributed by atoms with Crippen LogP contribution in [-0.2, 0) is 0 Å². The van der Waals surface area contributed by atoms with Crippen molar-refractivity contribution in [2.75, 3.05) is 5.33 Å². The molecule has 0 aliphatic rings. The third-order valence-corrected chi connectivity index (χ3v) is 2.27. The largest absolute Gasteiger partial charge is 0.464 e. The molecule has 0 bridgehead atoms. The zero-order chi connectivity index (χ0) is 9.10. The number of fused-ring (bicyclic) bond motifs is 1. The van der Waals surface area contributed by atoms with Crippen LogP contribution in [0.15, 0.2) is 41.0 Å². The molecule has 1 aromatic carbocycles. The van der Waals surface area contributed by atoms with Crippen LogP contribution in [0.3, 0.4) is 0 Å². The van der Waals surface area contributed by atoms with Crippen LogP contribution >= 0.6 is 15.9 Å². The van der Waals surface area contributed by atoms with E-state index in [2.05, 4.69) is 34.1 Å². The first-order valence-corrected chi connectivity index (χ1v) is 5.22. The number of para-hydroxylation sites is 1. The molecular weight excluding hydrogens is 228 g/mol. The van der Waals surface area contributed by atoms with Gasteiger partial charge in [-0.1, -0.05) is 46.3 Å². The van der Waals surface area contributed by atoms with Crippen LogP contribution in [-0.4, -0.2) is 5.33 Å². The van der Waals surface area contributed by atoms with Crippen LogP contribution in [0.2, 0.25) is 0 Å². The molecule has 2 rings (SSSR count). The van der Waals surface area contributed by atoms with E-state index in [4.69, 9.17) is 4.42 Å². The molecule has 1 nitrogen and oxygen atoms in total. The standard InChI is InChI=1S/C11H9BrO/c12-7-3-4-9-8-13-11-6-2-1-5-10(9)11/h1-6,8H,7H2. The van der Waals surface area contributed by atoms with Gasteiger partial charge in [-0.25, -0.2) is 0 Å². The molecule has 0 N–H and O–H groups in total. The van der Waals surface area contributed by atoms with Gasteiger partial charge in [0.2, 0.25) is 0 Å². The summed E-state index contributed by atoms with van der Waals surface area (Å²) in [6, 6.07) is 8.03. The van der Waals surface area contributed by atoms with Crippen LogP contribution in [0.5, 0.6) is 0 Å². The van der Waals surface area contributed by atoms with Gasteiger partial charge in [-0.3, -0.25) is 0 Å². The lowest BCUT2D eigenvalue weighted by molar-refractivity contribution is 0.615. The molecule has 0 saturated heterocycles. The fourth-order valence-corrected chi connectivity index (χ4v) is 1.49. The highest BCUT2D eigenvalue weighted by molar-refractivity contribution is 9.09. The Kier molecular flexibility index (Phi) is 2.50. The lowest BCUT2D eigenvalue weighted by Crippen LogP contribution is -1.67. The molecule has 0 aliphatic heterocycles. The maximum atomic E-state index is 5.38. The highest BCUT2D eigenvalue weighted by atomic mass is 79.9. The molecule has 1 heterocycles. The third kappa shape index (κ3) is 1.68. The molecule has 2 aromatic rings. The minimum Gasteiger partial charge on any atom is -0.464 e. The van der Waals surface area contributed by atoms with Gasteiger partial charge in [-0.2, -0.15) is 0 Å². The van der Waals surface area contributed by atoms with Crippen LogP contribution < -0.4 is 0 Å². The Balaban J connectivity index is 2.52. The Morgan fingerprint density at radius 2 is 2.15 bits per heavy atom. The molecule has 0 atom stereocenters. The van der Waals surface area contributed by atoms with Crippen molar-refractivity contribution in [1.82, 2.24) is 0 Å². The third-order valence-electron chi connectivity index (χ3n) is 1.90. The predicted octanol–water partition coefficient (Wildman–Crippen LogP) is 3.84. The molecule has 0 saturated carbocycles. The number of benzene rings is 1. The van der Waals surface area contributed by atoms with E-state index in [0.717, 1.165) is 16.5 Å². The molecule has 66 valence electrons.